The number of morpholine rings is 1. The topological polar surface area (TPSA) is 98.4 Å². The third kappa shape index (κ3) is 4.35. The summed E-state index contributed by atoms with van der Waals surface area (Å²) >= 11 is 0. The fraction of sp³-hybridized carbons (Fsp3) is 0.440. The van der Waals surface area contributed by atoms with Crippen LogP contribution in [0.3, 0.4) is 0 Å². The Hall–Kier alpha value is -3.46. The summed E-state index contributed by atoms with van der Waals surface area (Å²) in [5.74, 6) is 1.58. The van der Waals surface area contributed by atoms with Crippen LogP contribution >= 0.6 is 0 Å². The summed E-state index contributed by atoms with van der Waals surface area (Å²) in [6, 6.07) is 6.67. The van der Waals surface area contributed by atoms with Crippen LogP contribution in [0, 0.1) is 0 Å². The van der Waals surface area contributed by atoms with Gasteiger partial charge in [-0.05, 0) is 47.7 Å². The standard InChI is InChI=1S/C25H31N3O6/c1-26-19-8-6-16-17(14-20(19)29)18(27-25(30)28-9-11-34-12-10-28)7-5-15-13-21(31-2)23(32-3)24(33-4)22(15)16/h6,8,13-14,18H,5,7,9-12H2,1-4H3,(H,26,29)(H,27,30)/t18-/m0/s1. The molecule has 0 spiro atoms. The highest BCUT2D eigenvalue weighted by atomic mass is 16.5. The number of rotatable bonds is 5. The number of fused-ring (bicyclic) bond motifs is 3. The first kappa shape index (κ1) is 23.7. The first-order valence-corrected chi connectivity index (χ1v) is 11.3. The van der Waals surface area contributed by atoms with Crippen molar-refractivity contribution in [2.45, 2.75) is 18.9 Å². The first-order chi connectivity index (χ1) is 16.5. The second-order valence-electron chi connectivity index (χ2n) is 8.19. The molecule has 1 saturated heterocycles. The SMILES string of the molecule is CNc1ccc2c(cc1=O)[C@@H](NC(=O)N1CCOCC1)CCc1cc(OC)c(OC)c(OC)c1-2. The van der Waals surface area contributed by atoms with E-state index in [1.165, 1.54) is 0 Å². The normalized spacial score (nSPS) is 17.1. The van der Waals surface area contributed by atoms with Gasteiger partial charge >= 0.3 is 6.03 Å². The zero-order chi connectivity index (χ0) is 24.2. The van der Waals surface area contributed by atoms with E-state index in [0.717, 1.165) is 22.3 Å². The quantitative estimate of drug-likeness (QED) is 0.695. The molecule has 0 bridgehead atoms. The van der Waals surface area contributed by atoms with Gasteiger partial charge in [-0.25, -0.2) is 4.79 Å². The molecule has 2 aromatic rings. The fourth-order valence-electron chi connectivity index (χ4n) is 4.68. The number of carbonyl (C=O) groups is 1. The van der Waals surface area contributed by atoms with Crippen molar-refractivity contribution in [2.24, 2.45) is 0 Å². The maximum Gasteiger partial charge on any atom is 0.318 e. The lowest BCUT2D eigenvalue weighted by Gasteiger charge is -2.29. The Kier molecular flexibility index (Phi) is 7.12. The van der Waals surface area contributed by atoms with Gasteiger partial charge in [0.1, 0.15) is 0 Å². The van der Waals surface area contributed by atoms with Gasteiger partial charge in [-0.3, -0.25) is 4.79 Å². The molecule has 1 atom stereocenters. The number of amides is 2. The molecule has 0 unspecified atom stereocenters. The molecule has 9 heteroatoms. The average Bonchev–Trinajstić information content (AvgIpc) is 3.11. The van der Waals surface area contributed by atoms with Gasteiger partial charge < -0.3 is 34.5 Å². The molecule has 34 heavy (non-hydrogen) atoms. The molecule has 182 valence electrons. The van der Waals surface area contributed by atoms with Crippen LogP contribution in [-0.2, 0) is 11.2 Å². The maximum atomic E-state index is 13.1. The third-order valence-electron chi connectivity index (χ3n) is 6.40. The number of urea groups is 1. The predicted molar refractivity (Wildman–Crippen MR) is 129 cm³/mol. The molecule has 2 aromatic carbocycles. The Balaban J connectivity index is 1.89. The molecule has 9 nitrogen and oxygen atoms in total. The van der Waals surface area contributed by atoms with Crippen molar-refractivity contribution in [3.63, 3.8) is 0 Å². The van der Waals surface area contributed by atoms with Crippen molar-refractivity contribution in [1.29, 1.82) is 0 Å². The van der Waals surface area contributed by atoms with Crippen molar-refractivity contribution >= 4 is 11.7 Å². The van der Waals surface area contributed by atoms with Gasteiger partial charge in [0.25, 0.3) is 0 Å². The van der Waals surface area contributed by atoms with Crippen LogP contribution in [0.15, 0.2) is 29.1 Å². The molecule has 1 aliphatic carbocycles. The number of anilines is 1. The van der Waals surface area contributed by atoms with E-state index in [1.54, 1.807) is 45.4 Å². The highest BCUT2D eigenvalue weighted by Gasteiger charge is 2.30. The molecule has 2 N–H and O–H groups in total. The Bertz CT molecular complexity index is 1130. The third-order valence-corrected chi connectivity index (χ3v) is 6.40. The van der Waals surface area contributed by atoms with Gasteiger partial charge in [0.15, 0.2) is 11.5 Å². The van der Waals surface area contributed by atoms with Crippen LogP contribution in [-0.4, -0.2) is 65.6 Å². The number of hydrogen-bond acceptors (Lipinski definition) is 7. The summed E-state index contributed by atoms with van der Waals surface area (Å²) in [6.45, 7) is 2.10. The summed E-state index contributed by atoms with van der Waals surface area (Å²) in [5.41, 5.74) is 3.66. The number of benzene rings is 1. The van der Waals surface area contributed by atoms with Crippen molar-refractivity contribution in [3.8, 4) is 28.4 Å². The Morgan fingerprint density at radius 3 is 2.44 bits per heavy atom. The van der Waals surface area contributed by atoms with E-state index < -0.39 is 0 Å². The molecule has 4 rings (SSSR count). The van der Waals surface area contributed by atoms with E-state index >= 15 is 0 Å². The van der Waals surface area contributed by atoms with Gasteiger partial charge in [-0.2, -0.15) is 0 Å². The molecular weight excluding hydrogens is 438 g/mol. The molecule has 2 amide bonds. The molecule has 1 fully saturated rings. The number of carbonyl (C=O) groups excluding carboxylic acids is 1. The van der Waals surface area contributed by atoms with E-state index in [9.17, 15) is 9.59 Å². The molecule has 0 radical (unpaired) electrons. The Morgan fingerprint density at radius 2 is 1.79 bits per heavy atom. The van der Waals surface area contributed by atoms with Crippen LogP contribution in [0.4, 0.5) is 10.5 Å². The fourth-order valence-corrected chi connectivity index (χ4v) is 4.68. The molecule has 2 aliphatic rings. The van der Waals surface area contributed by atoms with Crippen LogP contribution in [0.25, 0.3) is 11.1 Å². The Morgan fingerprint density at radius 1 is 1.06 bits per heavy atom. The van der Waals surface area contributed by atoms with E-state index in [4.69, 9.17) is 18.9 Å². The predicted octanol–water partition coefficient (Wildman–Crippen LogP) is 2.81. The van der Waals surface area contributed by atoms with Gasteiger partial charge in [0.05, 0.1) is 46.3 Å². The lowest BCUT2D eigenvalue weighted by atomic mass is 9.95. The van der Waals surface area contributed by atoms with Crippen LogP contribution in [0.5, 0.6) is 17.2 Å². The number of hydrogen-bond donors (Lipinski definition) is 2. The summed E-state index contributed by atoms with van der Waals surface area (Å²) in [4.78, 5) is 27.8. The molecule has 1 heterocycles. The number of aryl methyl sites for hydroxylation is 1. The lowest BCUT2D eigenvalue weighted by Crippen LogP contribution is -2.47. The molecular formula is C25H31N3O6. The van der Waals surface area contributed by atoms with Crippen LogP contribution in [0.1, 0.15) is 23.6 Å². The largest absolute Gasteiger partial charge is 0.493 e. The zero-order valence-electron chi connectivity index (χ0n) is 20.0. The van der Waals surface area contributed by atoms with E-state index in [1.807, 2.05) is 12.1 Å². The summed E-state index contributed by atoms with van der Waals surface area (Å²) in [7, 11) is 6.45. The second-order valence-corrected chi connectivity index (χ2v) is 8.19. The molecule has 0 saturated carbocycles. The zero-order valence-corrected chi connectivity index (χ0v) is 20.0. The minimum Gasteiger partial charge on any atom is -0.493 e. The summed E-state index contributed by atoms with van der Waals surface area (Å²) in [5, 5.41) is 6.12. The maximum absolute atomic E-state index is 13.1. The second kappa shape index (κ2) is 10.2. The van der Waals surface area contributed by atoms with Gasteiger partial charge in [0, 0.05) is 25.7 Å². The van der Waals surface area contributed by atoms with Crippen LogP contribution in [0.2, 0.25) is 0 Å². The first-order valence-electron chi connectivity index (χ1n) is 11.3. The number of ether oxygens (including phenoxy) is 4. The van der Waals surface area contributed by atoms with Gasteiger partial charge in [-0.15, -0.1) is 0 Å². The monoisotopic (exact) mass is 469 g/mol. The smallest absolute Gasteiger partial charge is 0.318 e. The summed E-state index contributed by atoms with van der Waals surface area (Å²) in [6.07, 6.45) is 1.25. The van der Waals surface area contributed by atoms with Gasteiger partial charge in [0.2, 0.25) is 11.2 Å². The minimum absolute atomic E-state index is 0.155. The van der Waals surface area contributed by atoms with E-state index in [2.05, 4.69) is 10.6 Å². The number of nitrogens with zero attached hydrogens (tertiary/aromatic N) is 1. The summed E-state index contributed by atoms with van der Waals surface area (Å²) < 4.78 is 22.4. The van der Waals surface area contributed by atoms with E-state index in [-0.39, 0.29) is 17.5 Å². The number of nitrogens with one attached hydrogen (secondary N) is 2. The van der Waals surface area contributed by atoms with Crippen molar-refractivity contribution in [3.05, 3.63) is 45.6 Å². The van der Waals surface area contributed by atoms with E-state index in [0.29, 0.717) is 62.1 Å². The van der Waals surface area contributed by atoms with Gasteiger partial charge in [-0.1, -0.05) is 6.07 Å². The van der Waals surface area contributed by atoms with Crippen molar-refractivity contribution < 1.29 is 23.7 Å². The van der Waals surface area contributed by atoms with Crippen molar-refractivity contribution in [1.82, 2.24) is 10.2 Å². The lowest BCUT2D eigenvalue weighted by molar-refractivity contribution is 0.0524. The minimum atomic E-state index is -0.371. The Labute approximate surface area is 199 Å². The van der Waals surface area contributed by atoms with Crippen molar-refractivity contribution in [2.75, 3.05) is 60.0 Å². The average molecular weight is 470 g/mol. The van der Waals surface area contributed by atoms with Crippen LogP contribution < -0.4 is 30.3 Å². The molecule has 0 aromatic heterocycles. The number of methoxy groups -OCH3 is 3. The molecule has 1 aliphatic heterocycles. The highest BCUT2D eigenvalue weighted by molar-refractivity contribution is 5.84. The highest BCUT2D eigenvalue weighted by Crippen LogP contribution is 2.50.